The van der Waals surface area contributed by atoms with Gasteiger partial charge in [-0.1, -0.05) is 19.1 Å². The van der Waals surface area contributed by atoms with E-state index in [1.54, 1.807) is 6.20 Å². The Morgan fingerprint density at radius 2 is 2.09 bits per heavy atom. The minimum Gasteiger partial charge on any atom is -0.356 e. The summed E-state index contributed by atoms with van der Waals surface area (Å²) in [4.78, 5) is 4.26. The van der Waals surface area contributed by atoms with Crippen LogP contribution in [0, 0.1) is 5.92 Å². The quantitative estimate of drug-likeness (QED) is 0.440. The van der Waals surface area contributed by atoms with Crippen LogP contribution in [0.1, 0.15) is 18.9 Å². The lowest BCUT2D eigenvalue weighted by molar-refractivity contribution is 0.757. The van der Waals surface area contributed by atoms with E-state index in [4.69, 9.17) is 0 Å². The van der Waals surface area contributed by atoms with Crippen molar-refractivity contribution in [3.63, 3.8) is 0 Å². The maximum atomic E-state index is 4.26. The van der Waals surface area contributed by atoms with Crippen molar-refractivity contribution < 1.29 is 0 Å². The van der Waals surface area contributed by atoms with Crippen molar-refractivity contribution in [2.75, 3.05) is 13.6 Å². The lowest BCUT2D eigenvalue weighted by atomic mass is 10.1. The Bertz CT molecular complexity index is 621. The molecule has 5 nitrogen and oxygen atoms in total. The topological polar surface area (TPSA) is 54.2 Å². The smallest absolute Gasteiger partial charge is 0.191 e. The molecule has 3 rings (SSSR count). The number of aromatic nitrogens is 2. The molecule has 2 unspecified atom stereocenters. The van der Waals surface area contributed by atoms with Crippen LogP contribution in [0.3, 0.4) is 0 Å². The summed E-state index contributed by atoms with van der Waals surface area (Å²) < 4.78 is 1.87. The molecule has 1 aliphatic carbocycles. The van der Waals surface area contributed by atoms with E-state index in [2.05, 4.69) is 51.9 Å². The second kappa shape index (κ2) is 8.33. The molecule has 0 saturated heterocycles. The molecule has 124 valence electrons. The number of guanidine groups is 1. The molecule has 2 aromatic rings. The maximum Gasteiger partial charge on any atom is 0.191 e. The van der Waals surface area contributed by atoms with Crippen LogP contribution in [0.4, 0.5) is 0 Å². The summed E-state index contributed by atoms with van der Waals surface area (Å²) in [6.45, 7) is 3.13. The number of nitrogens with zero attached hydrogens (tertiary/aromatic N) is 3. The molecule has 6 heteroatoms. The van der Waals surface area contributed by atoms with E-state index in [0.29, 0.717) is 6.04 Å². The number of nitrogens with one attached hydrogen (secondary N) is 2. The molecule has 1 saturated carbocycles. The van der Waals surface area contributed by atoms with Gasteiger partial charge < -0.3 is 10.6 Å². The molecule has 0 aliphatic heterocycles. The summed E-state index contributed by atoms with van der Waals surface area (Å²) in [6, 6.07) is 11.0. The van der Waals surface area contributed by atoms with Crippen molar-refractivity contribution in [1.29, 1.82) is 0 Å². The third-order valence-corrected chi connectivity index (χ3v) is 4.07. The van der Waals surface area contributed by atoms with Crippen molar-refractivity contribution in [2.24, 2.45) is 10.9 Å². The average molecular weight is 425 g/mol. The van der Waals surface area contributed by atoms with Gasteiger partial charge >= 0.3 is 0 Å². The first-order valence-corrected chi connectivity index (χ1v) is 7.82. The maximum absolute atomic E-state index is 4.26. The predicted octanol–water partition coefficient (Wildman–Crippen LogP) is 2.61. The van der Waals surface area contributed by atoms with Gasteiger partial charge in [0.15, 0.2) is 5.96 Å². The number of benzene rings is 1. The standard InChI is InChI=1S/C17H23N5.HI/c1-13-12-16(13)21-17(18-2)19-10-8-14-4-6-15(7-5-14)22-11-3-9-20-22;/h3-7,9,11,13,16H,8,10,12H2,1-2H3,(H2,18,19,21);1H. The first-order valence-electron chi connectivity index (χ1n) is 7.82. The van der Waals surface area contributed by atoms with E-state index >= 15 is 0 Å². The minimum atomic E-state index is 0. The lowest BCUT2D eigenvalue weighted by Gasteiger charge is -2.11. The van der Waals surface area contributed by atoms with Crippen LogP contribution in [-0.4, -0.2) is 35.4 Å². The normalized spacial score (nSPS) is 19.8. The monoisotopic (exact) mass is 425 g/mol. The summed E-state index contributed by atoms with van der Waals surface area (Å²) in [6.07, 6.45) is 5.96. The minimum absolute atomic E-state index is 0. The van der Waals surface area contributed by atoms with Crippen LogP contribution >= 0.6 is 24.0 Å². The van der Waals surface area contributed by atoms with Gasteiger partial charge in [-0.2, -0.15) is 5.10 Å². The van der Waals surface area contributed by atoms with E-state index in [9.17, 15) is 0 Å². The fourth-order valence-electron chi connectivity index (χ4n) is 2.46. The molecule has 0 bridgehead atoms. The predicted molar refractivity (Wildman–Crippen MR) is 105 cm³/mol. The third-order valence-electron chi connectivity index (χ3n) is 4.07. The fraction of sp³-hybridized carbons (Fsp3) is 0.412. The molecule has 2 N–H and O–H groups in total. The summed E-state index contributed by atoms with van der Waals surface area (Å²) in [7, 11) is 1.82. The third kappa shape index (κ3) is 4.95. The molecular weight excluding hydrogens is 401 g/mol. The number of hydrogen-bond acceptors (Lipinski definition) is 2. The van der Waals surface area contributed by atoms with Gasteiger partial charge in [0, 0.05) is 32.0 Å². The van der Waals surface area contributed by atoms with E-state index in [0.717, 1.165) is 30.5 Å². The van der Waals surface area contributed by atoms with Crippen molar-refractivity contribution in [1.82, 2.24) is 20.4 Å². The zero-order chi connectivity index (χ0) is 15.4. The highest BCUT2D eigenvalue weighted by Gasteiger charge is 2.33. The Kier molecular flexibility index (Phi) is 6.44. The van der Waals surface area contributed by atoms with Crippen molar-refractivity contribution in [2.45, 2.75) is 25.8 Å². The number of aliphatic imine (C=N–C) groups is 1. The van der Waals surface area contributed by atoms with Crippen LogP contribution in [0.5, 0.6) is 0 Å². The highest BCUT2D eigenvalue weighted by atomic mass is 127. The van der Waals surface area contributed by atoms with Crippen molar-refractivity contribution in [3.05, 3.63) is 48.3 Å². The SMILES string of the molecule is CN=C(NCCc1ccc(-n2cccn2)cc1)NC1CC1C.I. The Labute approximate surface area is 154 Å². The Morgan fingerprint density at radius 3 is 2.65 bits per heavy atom. The van der Waals surface area contributed by atoms with Crippen LogP contribution in [0.25, 0.3) is 5.69 Å². The Morgan fingerprint density at radius 1 is 1.35 bits per heavy atom. The molecular formula is C17H24IN5. The van der Waals surface area contributed by atoms with Crippen LogP contribution in [-0.2, 0) is 6.42 Å². The molecule has 23 heavy (non-hydrogen) atoms. The highest BCUT2D eigenvalue weighted by Crippen LogP contribution is 2.28. The summed E-state index contributed by atoms with van der Waals surface area (Å²) in [5, 5.41) is 11.0. The zero-order valence-corrected chi connectivity index (χ0v) is 15.9. The average Bonchev–Trinajstić information content (AvgIpc) is 3.02. The number of hydrogen-bond donors (Lipinski definition) is 2. The summed E-state index contributed by atoms with van der Waals surface area (Å²) in [5.74, 6) is 1.68. The zero-order valence-electron chi connectivity index (χ0n) is 13.6. The molecule has 1 aliphatic rings. The van der Waals surface area contributed by atoms with E-state index in [1.807, 2.05) is 24.0 Å². The number of halogens is 1. The summed E-state index contributed by atoms with van der Waals surface area (Å²) in [5.41, 5.74) is 2.39. The first kappa shape index (κ1) is 17.8. The van der Waals surface area contributed by atoms with Crippen LogP contribution < -0.4 is 10.6 Å². The van der Waals surface area contributed by atoms with E-state index in [-0.39, 0.29) is 24.0 Å². The highest BCUT2D eigenvalue weighted by molar-refractivity contribution is 14.0. The van der Waals surface area contributed by atoms with Gasteiger partial charge in [0.1, 0.15) is 0 Å². The van der Waals surface area contributed by atoms with Gasteiger partial charge in [-0.15, -0.1) is 24.0 Å². The number of rotatable bonds is 5. The summed E-state index contributed by atoms with van der Waals surface area (Å²) >= 11 is 0. The second-order valence-electron chi connectivity index (χ2n) is 5.83. The van der Waals surface area contributed by atoms with Crippen LogP contribution in [0.15, 0.2) is 47.7 Å². The van der Waals surface area contributed by atoms with Gasteiger partial charge in [0.2, 0.25) is 0 Å². The molecule has 2 atom stereocenters. The molecule has 1 aromatic heterocycles. The molecule has 0 spiro atoms. The Balaban J connectivity index is 0.00000192. The van der Waals surface area contributed by atoms with Gasteiger partial charge in [0.05, 0.1) is 5.69 Å². The fourth-order valence-corrected chi connectivity index (χ4v) is 2.46. The van der Waals surface area contributed by atoms with Gasteiger partial charge in [0.25, 0.3) is 0 Å². The van der Waals surface area contributed by atoms with Crippen molar-refractivity contribution in [3.8, 4) is 5.69 Å². The van der Waals surface area contributed by atoms with Crippen LogP contribution in [0.2, 0.25) is 0 Å². The first-order chi connectivity index (χ1) is 10.8. The lowest BCUT2D eigenvalue weighted by Crippen LogP contribution is -2.39. The molecule has 1 aromatic carbocycles. The largest absolute Gasteiger partial charge is 0.356 e. The van der Waals surface area contributed by atoms with E-state index < -0.39 is 0 Å². The molecule has 0 radical (unpaired) electrons. The van der Waals surface area contributed by atoms with E-state index in [1.165, 1.54) is 12.0 Å². The van der Waals surface area contributed by atoms with Gasteiger partial charge in [-0.25, -0.2) is 4.68 Å². The molecule has 1 heterocycles. The second-order valence-corrected chi connectivity index (χ2v) is 5.83. The Hall–Kier alpha value is -1.57. The van der Waals surface area contributed by atoms with Crippen molar-refractivity contribution >= 4 is 29.9 Å². The molecule has 0 amide bonds. The van der Waals surface area contributed by atoms with Gasteiger partial charge in [-0.05, 0) is 42.5 Å². The van der Waals surface area contributed by atoms with Gasteiger partial charge in [-0.3, -0.25) is 4.99 Å². The molecule has 1 fully saturated rings.